The van der Waals surface area contributed by atoms with Crippen LogP contribution in [0.15, 0.2) is 97.1 Å². The molecule has 0 radical (unpaired) electrons. The van der Waals surface area contributed by atoms with Gasteiger partial charge >= 0.3 is 0 Å². The summed E-state index contributed by atoms with van der Waals surface area (Å²) in [6.07, 6.45) is -1.05. The Morgan fingerprint density at radius 3 is 2.31 bits per heavy atom. The molecule has 2 aliphatic rings. The van der Waals surface area contributed by atoms with E-state index < -0.39 is 34.8 Å². The highest BCUT2D eigenvalue weighted by atomic mass is 16.7. The van der Waals surface area contributed by atoms with Crippen molar-refractivity contribution in [3.05, 3.63) is 113 Å². The molecule has 4 aromatic carbocycles. The van der Waals surface area contributed by atoms with E-state index >= 15 is 0 Å². The SMILES string of the molecule is O=C1[C@@H]2[C@H](ON(c3ccccc3)[C@@H]2c2cccc([N+](=O)[O-])c2)C(=O)N1c1cccc2ccccc12. The summed E-state index contributed by atoms with van der Waals surface area (Å²) in [7, 11) is 0. The van der Waals surface area contributed by atoms with Crippen LogP contribution in [0.2, 0.25) is 0 Å². The summed E-state index contributed by atoms with van der Waals surface area (Å²) in [4.78, 5) is 45.8. The zero-order valence-corrected chi connectivity index (χ0v) is 18.4. The Balaban J connectivity index is 1.48. The molecule has 0 N–H and O–H groups in total. The van der Waals surface area contributed by atoms with Crippen molar-refractivity contribution in [3.63, 3.8) is 0 Å². The quantitative estimate of drug-likeness (QED) is 0.244. The average molecular weight is 465 g/mol. The molecule has 35 heavy (non-hydrogen) atoms. The van der Waals surface area contributed by atoms with Gasteiger partial charge in [-0.3, -0.25) is 24.5 Å². The molecular formula is C27H19N3O5. The van der Waals surface area contributed by atoms with E-state index in [1.165, 1.54) is 22.1 Å². The van der Waals surface area contributed by atoms with Gasteiger partial charge in [0.2, 0.25) is 5.91 Å². The Morgan fingerprint density at radius 2 is 1.51 bits per heavy atom. The maximum Gasteiger partial charge on any atom is 0.269 e. The number of non-ortho nitro benzene ring substituents is 1. The monoisotopic (exact) mass is 465 g/mol. The number of hydroxylamine groups is 1. The van der Waals surface area contributed by atoms with Gasteiger partial charge in [0.25, 0.3) is 11.6 Å². The molecule has 0 aliphatic carbocycles. The molecule has 0 aromatic heterocycles. The third-order valence-electron chi connectivity index (χ3n) is 6.56. The molecule has 3 atom stereocenters. The zero-order chi connectivity index (χ0) is 24.1. The number of carbonyl (C=O) groups excluding carboxylic acids is 2. The molecule has 4 aromatic rings. The second-order valence-corrected chi connectivity index (χ2v) is 8.52. The normalized spacial score (nSPS) is 21.5. The van der Waals surface area contributed by atoms with Gasteiger partial charge in [0.15, 0.2) is 6.10 Å². The molecule has 8 heteroatoms. The molecule has 0 bridgehead atoms. The van der Waals surface area contributed by atoms with E-state index in [0.717, 1.165) is 10.8 Å². The van der Waals surface area contributed by atoms with Crippen molar-refractivity contribution in [2.45, 2.75) is 12.1 Å². The van der Waals surface area contributed by atoms with Crippen LogP contribution in [0.4, 0.5) is 17.1 Å². The van der Waals surface area contributed by atoms with Gasteiger partial charge in [-0.2, -0.15) is 0 Å². The second kappa shape index (κ2) is 8.03. The number of rotatable bonds is 4. The lowest BCUT2D eigenvalue weighted by Crippen LogP contribution is -2.37. The van der Waals surface area contributed by atoms with E-state index in [1.54, 1.807) is 18.2 Å². The van der Waals surface area contributed by atoms with Gasteiger partial charge < -0.3 is 0 Å². The van der Waals surface area contributed by atoms with Gasteiger partial charge in [0, 0.05) is 17.5 Å². The molecule has 2 saturated heterocycles. The minimum atomic E-state index is -1.05. The van der Waals surface area contributed by atoms with Gasteiger partial charge in [0.05, 0.1) is 22.3 Å². The first-order valence-electron chi connectivity index (χ1n) is 11.2. The first-order chi connectivity index (χ1) is 17.0. The first kappa shape index (κ1) is 21.0. The van der Waals surface area contributed by atoms with E-state index in [1.807, 2.05) is 66.7 Å². The lowest BCUT2D eigenvalue weighted by atomic mass is 9.90. The highest BCUT2D eigenvalue weighted by molar-refractivity contribution is 6.26. The number of anilines is 2. The number of benzene rings is 4. The fraction of sp³-hybridized carbons (Fsp3) is 0.111. The molecule has 2 aliphatic heterocycles. The Morgan fingerprint density at radius 1 is 0.800 bits per heavy atom. The Labute approximate surface area is 200 Å². The highest BCUT2D eigenvalue weighted by Gasteiger charge is 2.60. The van der Waals surface area contributed by atoms with Gasteiger partial charge in [-0.25, -0.2) is 9.96 Å². The number of para-hydroxylation sites is 1. The maximum absolute atomic E-state index is 13.9. The van der Waals surface area contributed by atoms with Gasteiger partial charge in [-0.1, -0.05) is 66.7 Å². The topological polar surface area (TPSA) is 93.0 Å². The van der Waals surface area contributed by atoms with Crippen LogP contribution >= 0.6 is 0 Å². The number of carbonyl (C=O) groups is 2. The molecule has 172 valence electrons. The van der Waals surface area contributed by atoms with Crippen LogP contribution < -0.4 is 9.96 Å². The number of hydrogen-bond donors (Lipinski definition) is 0. The third kappa shape index (κ3) is 3.26. The maximum atomic E-state index is 13.9. The van der Waals surface area contributed by atoms with Crippen LogP contribution in [-0.2, 0) is 14.4 Å². The van der Waals surface area contributed by atoms with Crippen molar-refractivity contribution in [2.24, 2.45) is 5.92 Å². The number of amides is 2. The average Bonchev–Trinajstić information content (AvgIpc) is 3.40. The Kier molecular flexibility index (Phi) is 4.82. The number of imide groups is 1. The predicted octanol–water partition coefficient (Wildman–Crippen LogP) is 4.80. The molecule has 6 rings (SSSR count). The zero-order valence-electron chi connectivity index (χ0n) is 18.4. The molecule has 2 fully saturated rings. The van der Waals surface area contributed by atoms with Crippen LogP contribution in [0.25, 0.3) is 10.8 Å². The van der Waals surface area contributed by atoms with Crippen molar-refractivity contribution in [3.8, 4) is 0 Å². The second-order valence-electron chi connectivity index (χ2n) is 8.52. The summed E-state index contributed by atoms with van der Waals surface area (Å²) < 4.78 is 0. The molecule has 2 amide bonds. The summed E-state index contributed by atoms with van der Waals surface area (Å²) in [5.41, 5.74) is 1.58. The molecule has 0 saturated carbocycles. The van der Waals surface area contributed by atoms with E-state index in [0.29, 0.717) is 16.9 Å². The number of fused-ring (bicyclic) bond motifs is 2. The van der Waals surface area contributed by atoms with Crippen molar-refractivity contribution >= 4 is 39.6 Å². The van der Waals surface area contributed by atoms with Crippen molar-refractivity contribution in [1.82, 2.24) is 0 Å². The van der Waals surface area contributed by atoms with Crippen molar-refractivity contribution < 1.29 is 19.3 Å². The fourth-order valence-electron chi connectivity index (χ4n) is 5.02. The Bertz CT molecular complexity index is 1480. The summed E-state index contributed by atoms with van der Waals surface area (Å²) in [5.74, 6) is -1.72. The van der Waals surface area contributed by atoms with E-state index in [4.69, 9.17) is 4.84 Å². The van der Waals surface area contributed by atoms with E-state index in [-0.39, 0.29) is 5.69 Å². The van der Waals surface area contributed by atoms with E-state index in [9.17, 15) is 19.7 Å². The molecular weight excluding hydrogens is 446 g/mol. The minimum Gasteiger partial charge on any atom is -0.273 e. The minimum absolute atomic E-state index is 0.0957. The summed E-state index contributed by atoms with van der Waals surface area (Å²) in [5, 5.41) is 14.7. The molecule has 8 nitrogen and oxygen atoms in total. The standard InChI is InChI=1S/C27H19N3O5/c31-26-23-24(18-10-6-13-20(16-18)30(33)34)29(19-11-2-1-3-12-19)35-25(23)27(32)28(26)22-15-7-9-17-8-4-5-14-21(17)22/h1-16,23-25H/t23-,24+,25-/m0/s1. The van der Waals surface area contributed by atoms with Crippen LogP contribution in [0.5, 0.6) is 0 Å². The number of hydrogen-bond acceptors (Lipinski definition) is 6. The van der Waals surface area contributed by atoms with Crippen LogP contribution in [0.3, 0.4) is 0 Å². The number of nitrogens with zero attached hydrogens (tertiary/aromatic N) is 3. The van der Waals surface area contributed by atoms with Gasteiger partial charge in [-0.15, -0.1) is 0 Å². The number of nitro benzene ring substituents is 1. The van der Waals surface area contributed by atoms with Crippen LogP contribution in [-0.4, -0.2) is 22.8 Å². The number of nitro groups is 1. The smallest absolute Gasteiger partial charge is 0.269 e. The van der Waals surface area contributed by atoms with Gasteiger partial charge in [0.1, 0.15) is 5.92 Å². The third-order valence-corrected chi connectivity index (χ3v) is 6.56. The molecule has 0 spiro atoms. The van der Waals surface area contributed by atoms with E-state index in [2.05, 4.69) is 0 Å². The fourth-order valence-corrected chi connectivity index (χ4v) is 5.02. The summed E-state index contributed by atoms with van der Waals surface area (Å²) in [6.45, 7) is 0. The van der Waals surface area contributed by atoms with Crippen LogP contribution in [0.1, 0.15) is 11.6 Å². The molecule has 2 heterocycles. The first-order valence-corrected chi connectivity index (χ1v) is 11.2. The summed E-state index contributed by atoms with van der Waals surface area (Å²) >= 11 is 0. The van der Waals surface area contributed by atoms with Crippen LogP contribution in [0, 0.1) is 16.0 Å². The highest BCUT2D eigenvalue weighted by Crippen LogP contribution is 2.48. The lowest BCUT2D eigenvalue weighted by molar-refractivity contribution is -0.384. The predicted molar refractivity (Wildman–Crippen MR) is 130 cm³/mol. The van der Waals surface area contributed by atoms with Crippen molar-refractivity contribution in [2.75, 3.05) is 9.96 Å². The summed E-state index contributed by atoms with van der Waals surface area (Å²) in [6, 6.07) is 27.5. The molecule has 0 unspecified atom stereocenters. The Hall–Kier alpha value is -4.56. The largest absolute Gasteiger partial charge is 0.273 e. The lowest BCUT2D eigenvalue weighted by Gasteiger charge is -2.29. The van der Waals surface area contributed by atoms with Crippen molar-refractivity contribution in [1.29, 1.82) is 0 Å². The van der Waals surface area contributed by atoms with Gasteiger partial charge in [-0.05, 0) is 29.1 Å².